The summed E-state index contributed by atoms with van der Waals surface area (Å²) in [6, 6.07) is 11.4. The van der Waals surface area contributed by atoms with Gasteiger partial charge in [0.1, 0.15) is 6.61 Å². The summed E-state index contributed by atoms with van der Waals surface area (Å²) in [6.45, 7) is 4.82. The smallest absolute Gasteiger partial charge is 0.336 e. The van der Waals surface area contributed by atoms with Crippen LogP contribution in [0.3, 0.4) is 0 Å². The number of dihydropyridines is 1. The van der Waals surface area contributed by atoms with Crippen LogP contribution in [0.4, 0.5) is 0 Å². The normalized spacial score (nSPS) is 20.8. The Morgan fingerprint density at radius 2 is 1.97 bits per heavy atom. The number of ketones is 1. The maximum absolute atomic E-state index is 13.4. The van der Waals surface area contributed by atoms with Gasteiger partial charge in [-0.2, -0.15) is 0 Å². The summed E-state index contributed by atoms with van der Waals surface area (Å²) >= 11 is 7.78. The predicted molar refractivity (Wildman–Crippen MR) is 126 cm³/mol. The number of nitrogens with one attached hydrogen (secondary N) is 1. The van der Waals surface area contributed by atoms with Gasteiger partial charge in [-0.05, 0) is 49.4 Å². The molecule has 2 aliphatic rings. The highest BCUT2D eigenvalue weighted by Gasteiger charge is 2.41. The summed E-state index contributed by atoms with van der Waals surface area (Å²) in [5.74, 6) is -0.717. The van der Waals surface area contributed by atoms with Gasteiger partial charge in [-0.15, -0.1) is 11.3 Å². The average Bonchev–Trinajstić information content (AvgIpc) is 3.31. The summed E-state index contributed by atoms with van der Waals surface area (Å²) in [5, 5.41) is 6.01. The largest absolute Gasteiger partial charge is 0.460 e. The molecule has 1 N–H and O–H groups in total. The standard InChI is InChI=1S/C25H26ClNO4S/c1-3-30-10-11-31-25(29)22-15(2)27-19-13-17(21-5-4-12-32-21)14-20(28)24(19)23(22)16-6-8-18(26)9-7-16/h4-9,12,17,23,27H,3,10-11,13-14H2,1-2H3/t17-,23-/m0/s1. The van der Waals surface area contributed by atoms with Crippen LogP contribution in [0.2, 0.25) is 5.02 Å². The topological polar surface area (TPSA) is 64.6 Å². The minimum absolute atomic E-state index is 0.0595. The van der Waals surface area contributed by atoms with E-state index in [1.165, 1.54) is 4.88 Å². The lowest BCUT2D eigenvalue weighted by Gasteiger charge is -2.36. The zero-order valence-electron chi connectivity index (χ0n) is 18.2. The molecule has 0 radical (unpaired) electrons. The highest BCUT2D eigenvalue weighted by molar-refractivity contribution is 7.10. The van der Waals surface area contributed by atoms with E-state index >= 15 is 0 Å². The van der Waals surface area contributed by atoms with Crippen LogP contribution < -0.4 is 5.32 Å². The number of Topliss-reactive ketones (excluding diaryl/α,β-unsaturated/α-hetero) is 1. The maximum atomic E-state index is 13.4. The fourth-order valence-corrected chi connectivity index (χ4v) is 5.39. The van der Waals surface area contributed by atoms with Crippen molar-refractivity contribution < 1.29 is 19.1 Å². The van der Waals surface area contributed by atoms with Crippen molar-refractivity contribution in [2.75, 3.05) is 19.8 Å². The number of rotatable bonds is 7. The molecule has 1 aromatic carbocycles. The van der Waals surface area contributed by atoms with Crippen LogP contribution in [-0.2, 0) is 19.1 Å². The second kappa shape index (κ2) is 10.0. The monoisotopic (exact) mass is 471 g/mol. The molecule has 5 nitrogen and oxygen atoms in total. The lowest BCUT2D eigenvalue weighted by Crippen LogP contribution is -2.36. The van der Waals surface area contributed by atoms with E-state index in [1.807, 2.05) is 37.4 Å². The number of allylic oxidation sites excluding steroid dienone is 3. The Labute approximate surface area is 197 Å². The first-order valence-corrected chi connectivity index (χ1v) is 12.0. The Morgan fingerprint density at radius 1 is 1.19 bits per heavy atom. The molecule has 7 heteroatoms. The highest BCUT2D eigenvalue weighted by Crippen LogP contribution is 2.46. The SMILES string of the molecule is CCOCCOC(=O)C1=C(C)NC2=C(C(=O)C[C@@H](c3cccs3)C2)[C@H]1c1ccc(Cl)cc1. The average molecular weight is 472 g/mol. The van der Waals surface area contributed by atoms with E-state index in [2.05, 4.69) is 11.4 Å². The molecule has 0 saturated heterocycles. The van der Waals surface area contributed by atoms with Gasteiger partial charge in [0.2, 0.25) is 0 Å². The first-order chi connectivity index (χ1) is 15.5. The maximum Gasteiger partial charge on any atom is 0.336 e. The van der Waals surface area contributed by atoms with E-state index in [4.69, 9.17) is 21.1 Å². The van der Waals surface area contributed by atoms with Gasteiger partial charge in [0.05, 0.1) is 12.2 Å². The summed E-state index contributed by atoms with van der Waals surface area (Å²) in [4.78, 5) is 27.8. The van der Waals surface area contributed by atoms with E-state index in [9.17, 15) is 9.59 Å². The Hall–Kier alpha value is -2.41. The van der Waals surface area contributed by atoms with Crippen LogP contribution in [0, 0.1) is 0 Å². The van der Waals surface area contributed by atoms with E-state index in [1.54, 1.807) is 23.5 Å². The molecule has 32 heavy (non-hydrogen) atoms. The lowest BCUT2D eigenvalue weighted by molar-refractivity contribution is -0.140. The molecule has 2 aromatic rings. The van der Waals surface area contributed by atoms with E-state index in [-0.39, 0.29) is 18.3 Å². The third-order valence-electron chi connectivity index (χ3n) is 5.86. The van der Waals surface area contributed by atoms with Crippen LogP contribution in [0.15, 0.2) is 64.3 Å². The first-order valence-electron chi connectivity index (χ1n) is 10.8. The molecule has 0 unspecified atom stereocenters. The minimum atomic E-state index is -0.486. The van der Waals surface area contributed by atoms with Gasteiger partial charge in [0.15, 0.2) is 5.78 Å². The Bertz CT molecular complexity index is 1060. The van der Waals surface area contributed by atoms with Gasteiger partial charge in [0.25, 0.3) is 0 Å². The number of ether oxygens (including phenoxy) is 2. The zero-order chi connectivity index (χ0) is 22.7. The number of hydrogen-bond donors (Lipinski definition) is 1. The lowest BCUT2D eigenvalue weighted by atomic mass is 9.72. The second-order valence-electron chi connectivity index (χ2n) is 7.92. The summed E-state index contributed by atoms with van der Waals surface area (Å²) in [5.41, 5.74) is 3.57. The fourth-order valence-electron chi connectivity index (χ4n) is 4.44. The Balaban J connectivity index is 1.70. The van der Waals surface area contributed by atoms with Crippen molar-refractivity contribution >= 4 is 34.7 Å². The van der Waals surface area contributed by atoms with Crippen molar-refractivity contribution in [1.82, 2.24) is 5.32 Å². The molecule has 4 rings (SSSR count). The molecule has 1 aliphatic carbocycles. The molecule has 0 spiro atoms. The zero-order valence-corrected chi connectivity index (χ0v) is 19.7. The number of esters is 1. The Kier molecular flexibility index (Phi) is 7.13. The van der Waals surface area contributed by atoms with Gasteiger partial charge in [-0.3, -0.25) is 4.79 Å². The quantitative estimate of drug-likeness (QED) is 0.436. The van der Waals surface area contributed by atoms with Crippen LogP contribution in [0.5, 0.6) is 0 Å². The molecule has 0 fully saturated rings. The van der Waals surface area contributed by atoms with Crippen molar-refractivity contribution in [2.24, 2.45) is 0 Å². The molecular weight excluding hydrogens is 446 g/mol. The number of carbonyl (C=O) groups excluding carboxylic acids is 2. The van der Waals surface area contributed by atoms with Gasteiger partial charge in [-0.25, -0.2) is 4.79 Å². The van der Waals surface area contributed by atoms with Crippen molar-refractivity contribution in [1.29, 1.82) is 0 Å². The van der Waals surface area contributed by atoms with Crippen LogP contribution >= 0.6 is 22.9 Å². The van der Waals surface area contributed by atoms with Crippen molar-refractivity contribution in [3.05, 3.63) is 79.8 Å². The van der Waals surface area contributed by atoms with Gasteiger partial charge < -0.3 is 14.8 Å². The number of benzene rings is 1. The number of carbonyl (C=O) groups is 2. The highest BCUT2D eigenvalue weighted by atomic mass is 35.5. The minimum Gasteiger partial charge on any atom is -0.460 e. The van der Waals surface area contributed by atoms with Crippen molar-refractivity contribution in [3.63, 3.8) is 0 Å². The summed E-state index contributed by atoms with van der Waals surface area (Å²) in [7, 11) is 0. The van der Waals surface area contributed by atoms with Gasteiger partial charge >= 0.3 is 5.97 Å². The molecule has 0 bridgehead atoms. The Morgan fingerprint density at radius 3 is 2.66 bits per heavy atom. The number of hydrogen-bond acceptors (Lipinski definition) is 6. The molecule has 168 valence electrons. The molecule has 0 amide bonds. The van der Waals surface area contributed by atoms with E-state index in [0.29, 0.717) is 41.5 Å². The third kappa shape index (κ3) is 4.68. The number of thiophene rings is 1. The van der Waals surface area contributed by atoms with Gasteiger partial charge in [-0.1, -0.05) is 29.8 Å². The van der Waals surface area contributed by atoms with E-state index in [0.717, 1.165) is 17.7 Å². The predicted octanol–water partition coefficient (Wildman–Crippen LogP) is 5.34. The second-order valence-corrected chi connectivity index (χ2v) is 9.33. The molecule has 2 heterocycles. The molecule has 2 atom stereocenters. The van der Waals surface area contributed by atoms with Crippen LogP contribution in [0.1, 0.15) is 49.0 Å². The molecule has 1 aromatic heterocycles. The summed E-state index contributed by atoms with van der Waals surface area (Å²) < 4.78 is 10.8. The van der Waals surface area contributed by atoms with Crippen LogP contribution in [0.25, 0.3) is 0 Å². The fraction of sp³-hybridized carbons (Fsp3) is 0.360. The van der Waals surface area contributed by atoms with Crippen molar-refractivity contribution in [2.45, 2.75) is 38.5 Å². The molecular formula is C25H26ClNO4S. The van der Waals surface area contributed by atoms with E-state index < -0.39 is 11.9 Å². The number of halogens is 1. The van der Waals surface area contributed by atoms with Crippen LogP contribution in [-0.4, -0.2) is 31.6 Å². The summed E-state index contributed by atoms with van der Waals surface area (Å²) in [6.07, 6.45) is 1.16. The third-order valence-corrected chi connectivity index (χ3v) is 7.15. The molecule has 0 saturated carbocycles. The first kappa shape index (κ1) is 22.8. The van der Waals surface area contributed by atoms with Gasteiger partial charge in [0, 0.05) is 51.7 Å². The van der Waals surface area contributed by atoms with Crippen molar-refractivity contribution in [3.8, 4) is 0 Å². The molecule has 1 aliphatic heterocycles.